The quantitative estimate of drug-likeness (QED) is 0.318. The van der Waals surface area contributed by atoms with E-state index in [-0.39, 0.29) is 5.41 Å². The van der Waals surface area contributed by atoms with Crippen LogP contribution in [0.3, 0.4) is 0 Å². The van der Waals surface area contributed by atoms with Crippen LogP contribution in [0.2, 0.25) is 5.02 Å². The van der Waals surface area contributed by atoms with E-state index in [0.717, 1.165) is 51.1 Å². The molecule has 186 valence electrons. The lowest BCUT2D eigenvalue weighted by Crippen LogP contribution is -2.49. The maximum absolute atomic E-state index is 6.32. The third-order valence-corrected chi connectivity index (χ3v) is 9.35. The molecule has 0 unspecified atom stereocenters. The Kier molecular flexibility index (Phi) is 5.14. The Hall–Kier alpha value is -2.93. The monoisotopic (exact) mass is 502 g/mol. The lowest BCUT2D eigenvalue weighted by molar-refractivity contribution is -0.00714. The van der Waals surface area contributed by atoms with Gasteiger partial charge in [-0.15, -0.1) is 10.2 Å². The van der Waals surface area contributed by atoms with Crippen LogP contribution in [-0.2, 0) is 18.4 Å². The van der Waals surface area contributed by atoms with Crippen molar-refractivity contribution in [3.8, 4) is 17.1 Å². The zero-order chi connectivity index (χ0) is 24.4. The number of halogens is 1. The largest absolute Gasteiger partial charge is 0.421 e. The average Bonchev–Trinajstić information content (AvgIpc) is 3.58. The zero-order valence-corrected chi connectivity index (χ0v) is 21.6. The Morgan fingerprint density at radius 1 is 0.972 bits per heavy atom. The fraction of sp³-hybridized carbons (Fsp3) is 0.500. The summed E-state index contributed by atoms with van der Waals surface area (Å²) in [6.45, 7) is 4.55. The van der Waals surface area contributed by atoms with Crippen molar-refractivity contribution in [1.29, 1.82) is 0 Å². The Labute approximate surface area is 215 Å². The first-order valence-electron chi connectivity index (χ1n) is 13.2. The second kappa shape index (κ2) is 8.30. The molecule has 7 nitrogen and oxygen atoms in total. The summed E-state index contributed by atoms with van der Waals surface area (Å²) in [4.78, 5) is 0. The second-order valence-corrected chi connectivity index (χ2v) is 11.7. The molecule has 8 rings (SSSR count). The van der Waals surface area contributed by atoms with E-state index in [1.54, 1.807) is 0 Å². The van der Waals surface area contributed by atoms with Crippen LogP contribution in [-0.4, -0.2) is 29.8 Å². The summed E-state index contributed by atoms with van der Waals surface area (Å²) in [5, 5.41) is 19.4. The molecule has 36 heavy (non-hydrogen) atoms. The lowest BCUT2D eigenvalue weighted by Gasteiger charge is -2.56. The molecule has 3 aromatic heterocycles. The number of aromatic nitrogens is 6. The number of nitrogens with zero attached hydrogens (tertiary/aromatic N) is 6. The van der Waals surface area contributed by atoms with Crippen molar-refractivity contribution in [3.05, 3.63) is 64.5 Å². The van der Waals surface area contributed by atoms with E-state index in [0.29, 0.717) is 24.7 Å². The van der Waals surface area contributed by atoms with Crippen LogP contribution in [0.25, 0.3) is 17.1 Å². The molecule has 3 heterocycles. The van der Waals surface area contributed by atoms with Gasteiger partial charge in [-0.05, 0) is 82.3 Å². The predicted molar refractivity (Wildman–Crippen MR) is 137 cm³/mol. The van der Waals surface area contributed by atoms with E-state index < -0.39 is 0 Å². The molecule has 4 saturated carbocycles. The third-order valence-electron chi connectivity index (χ3n) is 8.80. The minimum absolute atomic E-state index is 0.124. The van der Waals surface area contributed by atoms with Crippen LogP contribution in [0.15, 0.2) is 40.9 Å². The van der Waals surface area contributed by atoms with Crippen LogP contribution in [0.5, 0.6) is 0 Å². The Morgan fingerprint density at radius 2 is 1.67 bits per heavy atom. The van der Waals surface area contributed by atoms with Crippen LogP contribution >= 0.6 is 11.6 Å². The van der Waals surface area contributed by atoms with Crippen molar-refractivity contribution >= 4 is 11.6 Å². The third kappa shape index (κ3) is 3.62. The standard InChI is InChI=1S/C28H31ClN6O/c1-17-25(29)18(2)34(32-17)9-8-24-30-31-27(36-24)23-16-35(22-6-4-3-5-7-22)33-26(23)28-13-19-10-20(14-28)12-21(11-19)15-28/h3-7,16,19-21H,8-15H2,1-2H3. The highest BCUT2D eigenvalue weighted by Crippen LogP contribution is 2.61. The maximum Gasteiger partial charge on any atom is 0.251 e. The van der Waals surface area contributed by atoms with Gasteiger partial charge in [-0.3, -0.25) is 4.68 Å². The van der Waals surface area contributed by atoms with Crippen LogP contribution in [0, 0.1) is 31.6 Å². The molecule has 0 N–H and O–H groups in total. The van der Waals surface area contributed by atoms with Crippen molar-refractivity contribution in [2.24, 2.45) is 17.8 Å². The molecular formula is C28H31ClN6O. The van der Waals surface area contributed by atoms with E-state index in [1.807, 2.05) is 29.3 Å². The average molecular weight is 503 g/mol. The van der Waals surface area contributed by atoms with Crippen molar-refractivity contribution in [2.75, 3.05) is 0 Å². The van der Waals surface area contributed by atoms with Gasteiger partial charge in [0.05, 0.1) is 33.4 Å². The van der Waals surface area contributed by atoms with E-state index in [4.69, 9.17) is 21.1 Å². The smallest absolute Gasteiger partial charge is 0.251 e. The van der Waals surface area contributed by atoms with Crippen molar-refractivity contribution in [2.45, 2.75) is 70.8 Å². The van der Waals surface area contributed by atoms with Gasteiger partial charge in [0, 0.05) is 24.6 Å². The van der Waals surface area contributed by atoms with Crippen LogP contribution < -0.4 is 0 Å². The van der Waals surface area contributed by atoms with Gasteiger partial charge in [0.2, 0.25) is 5.89 Å². The normalized spacial score (nSPS) is 26.7. The summed E-state index contributed by atoms with van der Waals surface area (Å²) in [7, 11) is 0. The van der Waals surface area contributed by atoms with Gasteiger partial charge in [0.1, 0.15) is 0 Å². The lowest BCUT2D eigenvalue weighted by atomic mass is 9.48. The number of benzene rings is 1. The Bertz CT molecular complexity index is 1380. The SMILES string of the molecule is Cc1nn(CCc2nnc(-c3cn(-c4ccccc4)nc3C34CC5CC(CC(C5)C3)C4)o2)c(C)c1Cl. The number of hydrogen-bond acceptors (Lipinski definition) is 5. The van der Waals surface area contributed by atoms with Gasteiger partial charge in [0.15, 0.2) is 0 Å². The van der Waals surface area contributed by atoms with Crippen molar-refractivity contribution in [1.82, 2.24) is 29.8 Å². The number of para-hydroxylation sites is 1. The minimum Gasteiger partial charge on any atom is -0.421 e. The molecule has 4 aromatic rings. The highest BCUT2D eigenvalue weighted by atomic mass is 35.5. The molecule has 4 fully saturated rings. The first-order valence-corrected chi connectivity index (χ1v) is 13.5. The molecule has 0 saturated heterocycles. The van der Waals surface area contributed by atoms with Crippen LogP contribution in [0.4, 0.5) is 0 Å². The summed E-state index contributed by atoms with van der Waals surface area (Å²) in [5.74, 6) is 3.67. The molecule has 1 aromatic carbocycles. The molecule has 4 aliphatic rings. The number of hydrogen-bond donors (Lipinski definition) is 0. The van der Waals surface area contributed by atoms with E-state index >= 15 is 0 Å². The molecule has 0 amide bonds. The second-order valence-electron chi connectivity index (χ2n) is 11.3. The molecule has 4 bridgehead atoms. The predicted octanol–water partition coefficient (Wildman–Crippen LogP) is 6.10. The number of aryl methyl sites for hydroxylation is 3. The van der Waals surface area contributed by atoms with E-state index in [1.165, 1.54) is 38.5 Å². The van der Waals surface area contributed by atoms with Gasteiger partial charge in [0.25, 0.3) is 5.89 Å². The Balaban J connectivity index is 1.24. The minimum atomic E-state index is 0.124. The topological polar surface area (TPSA) is 74.6 Å². The first kappa shape index (κ1) is 22.3. The summed E-state index contributed by atoms with van der Waals surface area (Å²) in [6.07, 6.45) is 10.6. The molecule has 8 heteroatoms. The molecule has 4 aliphatic carbocycles. The van der Waals surface area contributed by atoms with Crippen molar-refractivity contribution < 1.29 is 4.42 Å². The van der Waals surface area contributed by atoms with Gasteiger partial charge in [-0.1, -0.05) is 29.8 Å². The number of rotatable bonds is 6. The van der Waals surface area contributed by atoms with E-state index in [2.05, 4.69) is 45.8 Å². The summed E-state index contributed by atoms with van der Waals surface area (Å²) < 4.78 is 10.2. The fourth-order valence-corrected chi connectivity index (χ4v) is 7.73. The van der Waals surface area contributed by atoms with Gasteiger partial charge in [-0.2, -0.15) is 10.2 Å². The molecule has 0 spiro atoms. The van der Waals surface area contributed by atoms with Gasteiger partial charge < -0.3 is 4.42 Å². The maximum atomic E-state index is 6.32. The fourth-order valence-electron chi connectivity index (χ4n) is 7.59. The zero-order valence-electron chi connectivity index (χ0n) is 20.8. The van der Waals surface area contributed by atoms with Crippen LogP contribution in [0.1, 0.15) is 61.5 Å². The summed E-state index contributed by atoms with van der Waals surface area (Å²) >= 11 is 6.32. The highest BCUT2D eigenvalue weighted by Gasteiger charge is 2.53. The highest BCUT2D eigenvalue weighted by molar-refractivity contribution is 6.31. The summed E-state index contributed by atoms with van der Waals surface area (Å²) in [6, 6.07) is 10.3. The van der Waals surface area contributed by atoms with E-state index in [9.17, 15) is 0 Å². The molecule has 0 radical (unpaired) electrons. The van der Waals surface area contributed by atoms with Gasteiger partial charge in [-0.25, -0.2) is 4.68 Å². The molecule has 0 atom stereocenters. The van der Waals surface area contributed by atoms with Crippen molar-refractivity contribution in [3.63, 3.8) is 0 Å². The summed E-state index contributed by atoms with van der Waals surface area (Å²) in [5.41, 5.74) is 5.13. The van der Waals surface area contributed by atoms with Gasteiger partial charge >= 0.3 is 0 Å². The molecular weight excluding hydrogens is 472 g/mol. The first-order chi connectivity index (χ1) is 17.5. The Morgan fingerprint density at radius 3 is 2.31 bits per heavy atom. The molecule has 0 aliphatic heterocycles.